The minimum atomic E-state index is -0.481. The van der Waals surface area contributed by atoms with Crippen LogP contribution in [0.25, 0.3) is 0 Å². The first kappa shape index (κ1) is 17.8. The Morgan fingerprint density at radius 1 is 1.38 bits per heavy atom. The lowest BCUT2D eigenvalue weighted by Crippen LogP contribution is -2.36. The summed E-state index contributed by atoms with van der Waals surface area (Å²) in [6.07, 6.45) is 10.6. The molecule has 134 valence electrons. The molecule has 2 atom stereocenters. The first-order valence-electron chi connectivity index (χ1n) is 8.35. The fraction of sp³-hybridized carbons (Fsp3) is 0.250. The summed E-state index contributed by atoms with van der Waals surface area (Å²) >= 11 is 0. The minimum absolute atomic E-state index is 0.0403. The van der Waals surface area contributed by atoms with Gasteiger partial charge in [-0.05, 0) is 19.4 Å². The number of benzene rings is 1. The van der Waals surface area contributed by atoms with Gasteiger partial charge in [0.1, 0.15) is 12.8 Å². The van der Waals surface area contributed by atoms with Crippen LogP contribution < -0.4 is 10.3 Å². The highest BCUT2D eigenvalue weighted by atomic mass is 16.5. The van der Waals surface area contributed by atoms with E-state index < -0.39 is 11.3 Å². The van der Waals surface area contributed by atoms with Gasteiger partial charge in [-0.2, -0.15) is 0 Å². The number of primary amides is 1. The van der Waals surface area contributed by atoms with E-state index in [-0.39, 0.29) is 4.59 Å². The number of amides is 1. The highest BCUT2D eigenvalue weighted by molar-refractivity contribution is 6.00. The standard InChI is InChI=1S/C20H21N3O3/c1-14-17(26-13-24)12-23(3,22-14)16-9-7-8-15(19(21)25)18(16)20(2)10-5-4-6-11-20/h4-10,12-13H,11H2,1-3H3,(H-,21,25)/p+1. The van der Waals surface area contributed by atoms with Gasteiger partial charge in [-0.25, -0.2) is 0 Å². The summed E-state index contributed by atoms with van der Waals surface area (Å²) in [5, 5.41) is 4.66. The third-order valence-electron chi connectivity index (χ3n) is 4.88. The number of nitrogens with zero attached hydrogens (tertiary/aromatic N) is 2. The Hall–Kier alpha value is -2.99. The predicted molar refractivity (Wildman–Crippen MR) is 101 cm³/mol. The SMILES string of the molecule is CC1=N[N+](C)(c2cccc(C(N)=O)c2C2(C)C=CC=CC2)C=C1OC=O. The zero-order valence-corrected chi connectivity index (χ0v) is 15.1. The van der Waals surface area contributed by atoms with Crippen molar-refractivity contribution in [2.75, 3.05) is 7.05 Å². The quantitative estimate of drug-likeness (QED) is 0.653. The Labute approximate surface area is 152 Å². The molecule has 1 aliphatic carbocycles. The molecule has 1 aliphatic heterocycles. The van der Waals surface area contributed by atoms with Crippen molar-refractivity contribution in [1.29, 1.82) is 0 Å². The Morgan fingerprint density at radius 2 is 2.15 bits per heavy atom. The number of nitrogens with two attached hydrogens (primary N) is 1. The Balaban J connectivity index is 2.25. The lowest BCUT2D eigenvalue weighted by atomic mass is 9.74. The van der Waals surface area contributed by atoms with Crippen LogP contribution >= 0.6 is 0 Å². The first-order valence-corrected chi connectivity index (χ1v) is 8.35. The van der Waals surface area contributed by atoms with Crippen molar-refractivity contribution < 1.29 is 14.3 Å². The third kappa shape index (κ3) is 2.88. The van der Waals surface area contributed by atoms with E-state index >= 15 is 0 Å². The fourth-order valence-electron chi connectivity index (χ4n) is 3.64. The molecule has 1 aromatic carbocycles. The highest BCUT2D eigenvalue weighted by Crippen LogP contribution is 2.43. The number of rotatable bonds is 5. The van der Waals surface area contributed by atoms with E-state index in [1.807, 2.05) is 25.3 Å². The normalized spacial score (nSPS) is 27.0. The number of hydrogen-bond donors (Lipinski definition) is 1. The van der Waals surface area contributed by atoms with Gasteiger partial charge in [0.15, 0.2) is 11.9 Å². The van der Waals surface area contributed by atoms with Gasteiger partial charge in [0.2, 0.25) is 11.7 Å². The van der Waals surface area contributed by atoms with E-state index in [0.717, 1.165) is 17.7 Å². The Bertz CT molecular complexity index is 898. The zero-order valence-electron chi connectivity index (χ0n) is 15.1. The molecular weight excluding hydrogens is 330 g/mol. The van der Waals surface area contributed by atoms with Crippen LogP contribution in [0.2, 0.25) is 0 Å². The average Bonchev–Trinajstić information content (AvgIpc) is 2.90. The number of hydrogen-bond acceptors (Lipinski definition) is 4. The highest BCUT2D eigenvalue weighted by Gasteiger charge is 2.41. The molecule has 6 heteroatoms. The molecule has 0 fully saturated rings. The summed E-state index contributed by atoms with van der Waals surface area (Å²) in [5.74, 6) is -0.0759. The molecule has 0 spiro atoms. The maximum atomic E-state index is 12.2. The van der Waals surface area contributed by atoms with Crippen LogP contribution in [0, 0.1) is 0 Å². The molecule has 2 N–H and O–H groups in total. The summed E-state index contributed by atoms with van der Waals surface area (Å²) in [5.41, 5.74) is 8.00. The van der Waals surface area contributed by atoms with E-state index in [0.29, 0.717) is 23.5 Å². The molecule has 0 bridgehead atoms. The summed E-state index contributed by atoms with van der Waals surface area (Å²) in [6, 6.07) is 5.46. The third-order valence-corrected chi connectivity index (χ3v) is 4.88. The molecule has 6 nitrogen and oxygen atoms in total. The van der Waals surface area contributed by atoms with Crippen molar-refractivity contribution in [3.05, 3.63) is 65.6 Å². The largest absolute Gasteiger partial charge is 0.421 e. The van der Waals surface area contributed by atoms with E-state index in [9.17, 15) is 9.59 Å². The molecule has 0 saturated carbocycles. The van der Waals surface area contributed by atoms with Crippen LogP contribution in [0.1, 0.15) is 36.2 Å². The van der Waals surface area contributed by atoms with Crippen LogP contribution in [-0.2, 0) is 14.9 Å². The van der Waals surface area contributed by atoms with E-state index in [4.69, 9.17) is 10.5 Å². The zero-order chi connectivity index (χ0) is 18.9. The van der Waals surface area contributed by atoms with Crippen molar-refractivity contribution >= 4 is 23.8 Å². The molecule has 1 heterocycles. The molecule has 2 unspecified atom stereocenters. The minimum Gasteiger partial charge on any atom is -0.421 e. The number of allylic oxidation sites excluding steroid dienone is 5. The number of carbonyl (C=O) groups is 2. The summed E-state index contributed by atoms with van der Waals surface area (Å²) in [4.78, 5) is 22.9. The molecule has 0 saturated heterocycles. The van der Waals surface area contributed by atoms with Gasteiger partial charge < -0.3 is 10.5 Å². The molecule has 3 rings (SSSR count). The van der Waals surface area contributed by atoms with Gasteiger partial charge in [0, 0.05) is 22.6 Å². The second-order valence-corrected chi connectivity index (χ2v) is 6.89. The van der Waals surface area contributed by atoms with Gasteiger partial charge in [-0.1, -0.05) is 42.4 Å². The first-order chi connectivity index (χ1) is 12.3. The van der Waals surface area contributed by atoms with Crippen LogP contribution in [-0.4, -0.2) is 25.1 Å². The van der Waals surface area contributed by atoms with Crippen molar-refractivity contribution in [3.63, 3.8) is 0 Å². The topological polar surface area (TPSA) is 81.8 Å². The Kier molecular flexibility index (Phi) is 4.38. The van der Waals surface area contributed by atoms with Gasteiger partial charge in [0.05, 0.1) is 0 Å². The lowest BCUT2D eigenvalue weighted by molar-refractivity contribution is -0.124. The van der Waals surface area contributed by atoms with Crippen molar-refractivity contribution in [3.8, 4) is 0 Å². The molecule has 26 heavy (non-hydrogen) atoms. The molecule has 2 aliphatic rings. The molecule has 0 radical (unpaired) electrons. The monoisotopic (exact) mass is 352 g/mol. The van der Waals surface area contributed by atoms with Gasteiger partial charge in [-0.15, -0.1) is 4.59 Å². The Morgan fingerprint density at radius 3 is 2.77 bits per heavy atom. The number of carbonyl (C=O) groups excluding carboxylic acids is 2. The predicted octanol–water partition coefficient (Wildman–Crippen LogP) is 2.90. The summed E-state index contributed by atoms with van der Waals surface area (Å²) in [6.45, 7) is 4.24. The van der Waals surface area contributed by atoms with E-state index in [1.165, 1.54) is 0 Å². The van der Waals surface area contributed by atoms with Gasteiger partial charge >= 0.3 is 0 Å². The van der Waals surface area contributed by atoms with Crippen molar-refractivity contribution in [1.82, 2.24) is 4.59 Å². The van der Waals surface area contributed by atoms with Crippen LogP contribution in [0.15, 0.2) is 59.6 Å². The summed E-state index contributed by atoms with van der Waals surface area (Å²) in [7, 11) is 1.88. The van der Waals surface area contributed by atoms with Gasteiger partial charge in [-0.3, -0.25) is 9.59 Å². The van der Waals surface area contributed by atoms with Crippen LogP contribution in [0.5, 0.6) is 0 Å². The number of quaternary nitrogens is 1. The maximum Gasteiger partial charge on any atom is 0.298 e. The molecular formula is C20H22N3O3+. The maximum absolute atomic E-state index is 12.2. The van der Waals surface area contributed by atoms with Crippen molar-refractivity contribution in [2.45, 2.75) is 25.7 Å². The molecule has 0 aromatic heterocycles. The average molecular weight is 352 g/mol. The van der Waals surface area contributed by atoms with Crippen molar-refractivity contribution in [2.24, 2.45) is 10.8 Å². The second-order valence-electron chi connectivity index (χ2n) is 6.89. The van der Waals surface area contributed by atoms with Crippen LogP contribution in [0.4, 0.5) is 5.69 Å². The smallest absolute Gasteiger partial charge is 0.298 e. The van der Waals surface area contributed by atoms with E-state index in [1.54, 1.807) is 25.3 Å². The van der Waals surface area contributed by atoms with Gasteiger partial charge in [0.25, 0.3) is 6.47 Å². The summed E-state index contributed by atoms with van der Waals surface area (Å²) < 4.78 is 5.08. The second kappa shape index (κ2) is 6.38. The van der Waals surface area contributed by atoms with Crippen LogP contribution in [0.3, 0.4) is 0 Å². The fourth-order valence-corrected chi connectivity index (χ4v) is 3.64. The molecule has 1 aromatic rings. The lowest BCUT2D eigenvalue weighted by Gasteiger charge is -2.33. The van der Waals surface area contributed by atoms with E-state index in [2.05, 4.69) is 24.2 Å². The molecule has 1 amide bonds. The number of ether oxygens (including phenoxy) is 1.